The molecule has 1 saturated heterocycles. The van der Waals surface area contributed by atoms with Crippen LogP contribution in [0.4, 0.5) is 0 Å². The van der Waals surface area contributed by atoms with Crippen LogP contribution in [-0.2, 0) is 15.3 Å². The lowest BCUT2D eigenvalue weighted by atomic mass is 9.78. The van der Waals surface area contributed by atoms with Crippen LogP contribution in [0.3, 0.4) is 0 Å². The largest absolute Gasteiger partial charge is 0.497 e. The van der Waals surface area contributed by atoms with Crippen LogP contribution in [0, 0.1) is 0 Å². The first kappa shape index (κ1) is 20.3. The molecule has 1 fully saturated rings. The number of carbonyl (C=O) groups excluding carboxylic acids is 3. The molecule has 7 nitrogen and oxygen atoms in total. The van der Waals surface area contributed by atoms with Gasteiger partial charge in [-0.1, -0.05) is 60.7 Å². The number of rotatable bonds is 4. The number of Topliss-reactive ketones (excluding diaryl/α,β-unsaturated/α-hetero) is 1. The van der Waals surface area contributed by atoms with Gasteiger partial charge in [0.1, 0.15) is 11.7 Å². The number of benzene rings is 3. The van der Waals surface area contributed by atoms with Crippen LogP contribution in [0.1, 0.15) is 27.4 Å². The zero-order valence-corrected chi connectivity index (χ0v) is 16.7. The van der Waals surface area contributed by atoms with E-state index >= 15 is 0 Å². The van der Waals surface area contributed by atoms with E-state index < -0.39 is 29.2 Å². The quantitative estimate of drug-likeness (QED) is 0.637. The van der Waals surface area contributed by atoms with Gasteiger partial charge in [0.15, 0.2) is 0 Å². The predicted octanol–water partition coefficient (Wildman–Crippen LogP) is 2.38. The van der Waals surface area contributed by atoms with Crippen LogP contribution >= 0.6 is 0 Å². The summed E-state index contributed by atoms with van der Waals surface area (Å²) in [6.07, 6.45) is 0. The molecule has 4 rings (SSSR count). The zero-order valence-electron chi connectivity index (χ0n) is 16.7. The van der Waals surface area contributed by atoms with Crippen LogP contribution < -0.4 is 10.2 Å². The van der Waals surface area contributed by atoms with E-state index in [0.29, 0.717) is 16.9 Å². The minimum atomic E-state index is -2.15. The molecule has 0 aromatic heterocycles. The highest BCUT2D eigenvalue weighted by molar-refractivity contribution is 6.39. The topological polar surface area (TPSA) is 95.9 Å². The van der Waals surface area contributed by atoms with Gasteiger partial charge in [-0.05, 0) is 29.8 Å². The molecule has 3 aromatic carbocycles. The number of aliphatic hydroxyl groups is 1. The summed E-state index contributed by atoms with van der Waals surface area (Å²) in [6.45, 7) is 0. The third-order valence-corrected chi connectivity index (χ3v) is 5.31. The van der Waals surface area contributed by atoms with Crippen molar-refractivity contribution in [3.8, 4) is 5.75 Å². The summed E-state index contributed by atoms with van der Waals surface area (Å²) in [4.78, 5) is 39.0. The number of nitrogens with one attached hydrogen (secondary N) is 1. The van der Waals surface area contributed by atoms with Gasteiger partial charge in [0.05, 0.1) is 7.11 Å². The van der Waals surface area contributed by atoms with Gasteiger partial charge in [0.25, 0.3) is 5.91 Å². The Balaban J connectivity index is 1.89. The third-order valence-electron chi connectivity index (χ3n) is 5.31. The van der Waals surface area contributed by atoms with Crippen LogP contribution in [0.5, 0.6) is 5.75 Å². The second-order valence-corrected chi connectivity index (χ2v) is 7.11. The van der Waals surface area contributed by atoms with Crippen molar-refractivity contribution in [1.29, 1.82) is 0 Å². The predicted molar refractivity (Wildman–Crippen MR) is 112 cm³/mol. The summed E-state index contributed by atoms with van der Waals surface area (Å²) >= 11 is 0. The highest BCUT2D eigenvalue weighted by Gasteiger charge is 2.56. The van der Waals surface area contributed by atoms with Gasteiger partial charge in [0, 0.05) is 11.1 Å². The lowest BCUT2D eigenvalue weighted by Gasteiger charge is -2.47. The summed E-state index contributed by atoms with van der Waals surface area (Å²) in [7, 11) is 1.51. The van der Waals surface area contributed by atoms with Crippen molar-refractivity contribution in [2.24, 2.45) is 0 Å². The molecule has 0 bridgehead atoms. The van der Waals surface area contributed by atoms with Crippen LogP contribution in [0.25, 0.3) is 0 Å². The molecule has 156 valence electrons. The monoisotopic (exact) mass is 416 g/mol. The summed E-state index contributed by atoms with van der Waals surface area (Å²) in [5, 5.41) is 12.8. The zero-order chi connectivity index (χ0) is 22.0. The van der Waals surface area contributed by atoms with Gasteiger partial charge in [-0.2, -0.15) is 0 Å². The first-order chi connectivity index (χ1) is 15.0. The molecule has 1 aliphatic heterocycles. The second-order valence-electron chi connectivity index (χ2n) is 7.11. The van der Waals surface area contributed by atoms with Gasteiger partial charge in [-0.15, -0.1) is 0 Å². The lowest BCUT2D eigenvalue weighted by molar-refractivity contribution is -0.179. The van der Waals surface area contributed by atoms with Gasteiger partial charge >= 0.3 is 5.91 Å². The van der Waals surface area contributed by atoms with Crippen molar-refractivity contribution >= 4 is 17.6 Å². The molecule has 2 amide bonds. The van der Waals surface area contributed by atoms with Crippen molar-refractivity contribution in [3.63, 3.8) is 0 Å². The fraction of sp³-hybridized carbons (Fsp3) is 0.125. The molecule has 1 heterocycles. The molecule has 0 radical (unpaired) electrons. The fourth-order valence-corrected chi connectivity index (χ4v) is 3.76. The summed E-state index contributed by atoms with van der Waals surface area (Å²) < 4.78 is 5.12. The van der Waals surface area contributed by atoms with Gasteiger partial charge < -0.3 is 9.84 Å². The molecule has 2 atom stereocenters. The number of methoxy groups -OCH3 is 1. The summed E-state index contributed by atoms with van der Waals surface area (Å²) in [6, 6.07) is 23.0. The Kier molecular flexibility index (Phi) is 5.27. The number of hydrazine groups is 1. The van der Waals surface area contributed by atoms with Gasteiger partial charge in [-0.25, -0.2) is 5.01 Å². The van der Waals surface area contributed by atoms with Crippen LogP contribution in [0.2, 0.25) is 0 Å². The highest BCUT2D eigenvalue weighted by Crippen LogP contribution is 2.42. The van der Waals surface area contributed by atoms with Crippen molar-refractivity contribution < 1.29 is 24.2 Å². The number of ether oxygens (including phenoxy) is 1. The SMILES string of the molecule is COc1ccc(C(=O)N2NC(=O)C(=O)[C@H](c3ccccc3)[C@@]2(O)c2ccccc2)cc1. The van der Waals surface area contributed by atoms with E-state index in [9.17, 15) is 19.5 Å². The van der Waals surface area contributed by atoms with E-state index in [4.69, 9.17) is 4.74 Å². The minimum absolute atomic E-state index is 0.205. The number of hydrogen-bond acceptors (Lipinski definition) is 5. The van der Waals surface area contributed by atoms with E-state index in [2.05, 4.69) is 5.43 Å². The average molecular weight is 416 g/mol. The first-order valence-corrected chi connectivity index (χ1v) is 9.63. The highest BCUT2D eigenvalue weighted by atomic mass is 16.5. The first-order valence-electron chi connectivity index (χ1n) is 9.63. The molecule has 0 saturated carbocycles. The van der Waals surface area contributed by atoms with Crippen molar-refractivity contribution in [3.05, 3.63) is 102 Å². The molecular weight excluding hydrogens is 396 g/mol. The lowest BCUT2D eigenvalue weighted by Crippen LogP contribution is -2.68. The van der Waals surface area contributed by atoms with Crippen molar-refractivity contribution in [2.75, 3.05) is 7.11 Å². The Bertz CT molecular complexity index is 1120. The second kappa shape index (κ2) is 8.04. The molecular formula is C24H20N2O5. The Morgan fingerprint density at radius 2 is 1.52 bits per heavy atom. The van der Waals surface area contributed by atoms with Crippen LogP contribution in [-0.4, -0.2) is 34.8 Å². The normalized spacial score (nSPS) is 20.8. The van der Waals surface area contributed by atoms with E-state index in [-0.39, 0.29) is 5.56 Å². The number of hydrogen-bond donors (Lipinski definition) is 2. The van der Waals surface area contributed by atoms with E-state index in [1.54, 1.807) is 72.8 Å². The van der Waals surface area contributed by atoms with E-state index in [0.717, 1.165) is 5.01 Å². The maximum absolute atomic E-state index is 13.4. The summed E-state index contributed by atoms with van der Waals surface area (Å²) in [5.74, 6) is -3.25. The van der Waals surface area contributed by atoms with Crippen LogP contribution in [0.15, 0.2) is 84.9 Å². The smallest absolute Gasteiger partial charge is 0.306 e. The molecule has 0 spiro atoms. The molecule has 1 aliphatic rings. The van der Waals surface area contributed by atoms with E-state index in [1.165, 1.54) is 19.2 Å². The minimum Gasteiger partial charge on any atom is -0.497 e. The van der Waals surface area contributed by atoms with Crippen molar-refractivity contribution in [1.82, 2.24) is 10.4 Å². The van der Waals surface area contributed by atoms with Crippen molar-refractivity contribution in [2.45, 2.75) is 11.6 Å². The average Bonchev–Trinajstić information content (AvgIpc) is 2.82. The Hall–Kier alpha value is -3.97. The standard InChI is InChI=1S/C24H20N2O5/c1-31-19-14-12-17(13-15-19)23(29)26-24(30,18-10-6-3-7-11-18)20(21(27)22(28)25-26)16-8-4-2-5-9-16/h2-15,20,30H,1H3,(H,25,28)/t20-,24-/m0/s1. The maximum Gasteiger partial charge on any atom is 0.306 e. The van der Waals surface area contributed by atoms with Gasteiger partial charge in [0.2, 0.25) is 11.5 Å². The molecule has 3 aromatic rings. The molecule has 2 N–H and O–H groups in total. The van der Waals surface area contributed by atoms with E-state index in [1.807, 2.05) is 0 Å². The Morgan fingerprint density at radius 3 is 2.10 bits per heavy atom. The van der Waals surface area contributed by atoms with Gasteiger partial charge in [-0.3, -0.25) is 19.8 Å². The third kappa shape index (κ3) is 3.45. The number of nitrogens with zero attached hydrogens (tertiary/aromatic N) is 1. The Morgan fingerprint density at radius 1 is 0.935 bits per heavy atom. The number of carbonyl (C=O) groups is 3. The number of amides is 2. The maximum atomic E-state index is 13.4. The molecule has 0 aliphatic carbocycles. The number of ketones is 1. The Labute approximate surface area is 178 Å². The molecule has 7 heteroatoms. The summed E-state index contributed by atoms with van der Waals surface area (Å²) in [5.41, 5.74) is 1.06. The molecule has 0 unspecified atom stereocenters. The molecule has 31 heavy (non-hydrogen) atoms. The fourth-order valence-electron chi connectivity index (χ4n) is 3.76.